The second-order valence-electron chi connectivity index (χ2n) is 8.65. The molecule has 5 rings (SSSR count). The van der Waals surface area contributed by atoms with E-state index in [0.717, 1.165) is 33.7 Å². The van der Waals surface area contributed by atoms with Crippen LogP contribution in [0.1, 0.15) is 5.56 Å². The predicted octanol–water partition coefficient (Wildman–Crippen LogP) is 7.06. The van der Waals surface area contributed by atoms with Crippen LogP contribution in [0.3, 0.4) is 0 Å². The quantitative estimate of drug-likeness (QED) is 0.223. The lowest BCUT2D eigenvalue weighted by Crippen LogP contribution is -2.10. The minimum Gasteiger partial charge on any atom is -0.496 e. The van der Waals surface area contributed by atoms with Gasteiger partial charge >= 0.3 is 5.97 Å². The van der Waals surface area contributed by atoms with Gasteiger partial charge in [0.25, 0.3) is 0 Å². The van der Waals surface area contributed by atoms with Gasteiger partial charge in [0.1, 0.15) is 11.5 Å². The van der Waals surface area contributed by atoms with E-state index >= 15 is 0 Å². The number of benzene rings is 4. The molecule has 190 valence electrons. The minimum atomic E-state index is -1.05. The van der Waals surface area contributed by atoms with Crippen molar-refractivity contribution in [2.24, 2.45) is 0 Å². The SMILES string of the molecule is COc1ccccc1Cn1nc(-c2cc(-c3ccccc3)ccc2OCC(=O)O)cc1-c1ccc(Cl)cc1. The number of hydrogen-bond acceptors (Lipinski definition) is 4. The van der Waals surface area contributed by atoms with Crippen molar-refractivity contribution in [2.75, 3.05) is 13.7 Å². The summed E-state index contributed by atoms with van der Waals surface area (Å²) in [5.41, 5.74) is 6.14. The number of hydrogen-bond donors (Lipinski definition) is 1. The molecule has 0 fully saturated rings. The van der Waals surface area contributed by atoms with Crippen LogP contribution in [0, 0.1) is 0 Å². The van der Waals surface area contributed by atoms with Gasteiger partial charge in [0.15, 0.2) is 6.61 Å². The van der Waals surface area contributed by atoms with Gasteiger partial charge < -0.3 is 14.6 Å². The number of aromatic nitrogens is 2. The third kappa shape index (κ3) is 5.56. The molecule has 1 heterocycles. The van der Waals surface area contributed by atoms with Gasteiger partial charge in [-0.25, -0.2) is 4.79 Å². The Balaban J connectivity index is 1.65. The van der Waals surface area contributed by atoms with E-state index in [1.165, 1.54) is 0 Å². The van der Waals surface area contributed by atoms with Gasteiger partial charge in [-0.3, -0.25) is 4.68 Å². The van der Waals surface area contributed by atoms with E-state index in [-0.39, 0.29) is 0 Å². The maximum Gasteiger partial charge on any atom is 0.341 e. The number of ether oxygens (including phenoxy) is 2. The number of carboxylic acid groups (broad SMARTS) is 1. The molecular weight excluding hydrogens is 500 g/mol. The first-order valence-electron chi connectivity index (χ1n) is 12.0. The van der Waals surface area contributed by atoms with Crippen LogP contribution >= 0.6 is 11.6 Å². The van der Waals surface area contributed by atoms with Crippen molar-refractivity contribution >= 4 is 17.6 Å². The summed E-state index contributed by atoms with van der Waals surface area (Å²) in [4.78, 5) is 11.3. The molecule has 1 N–H and O–H groups in total. The Hall–Kier alpha value is -4.55. The van der Waals surface area contributed by atoms with Crippen molar-refractivity contribution in [3.8, 4) is 45.1 Å². The van der Waals surface area contributed by atoms with Crippen LogP contribution in [0.2, 0.25) is 5.02 Å². The number of carboxylic acids is 1. The summed E-state index contributed by atoms with van der Waals surface area (Å²) in [6.07, 6.45) is 0. The maximum absolute atomic E-state index is 11.3. The second kappa shape index (κ2) is 11.2. The highest BCUT2D eigenvalue weighted by molar-refractivity contribution is 6.30. The summed E-state index contributed by atoms with van der Waals surface area (Å²) in [5.74, 6) is 0.159. The second-order valence-corrected chi connectivity index (χ2v) is 9.09. The summed E-state index contributed by atoms with van der Waals surface area (Å²) in [6.45, 7) is 0.00924. The summed E-state index contributed by atoms with van der Waals surface area (Å²) in [6, 6.07) is 33.0. The molecule has 0 saturated heterocycles. The van der Waals surface area contributed by atoms with Crippen LogP contribution in [0.15, 0.2) is 103 Å². The number of rotatable bonds is 9. The van der Waals surface area contributed by atoms with Crippen LogP contribution in [0.4, 0.5) is 0 Å². The average molecular weight is 525 g/mol. The Bertz CT molecular complexity index is 1560. The van der Waals surface area contributed by atoms with Gasteiger partial charge in [-0.05, 0) is 53.1 Å². The summed E-state index contributed by atoms with van der Waals surface area (Å²) < 4.78 is 13.2. The van der Waals surface area contributed by atoms with Crippen molar-refractivity contribution in [3.05, 3.63) is 114 Å². The zero-order valence-electron chi connectivity index (χ0n) is 20.7. The van der Waals surface area contributed by atoms with Crippen molar-refractivity contribution in [1.82, 2.24) is 9.78 Å². The van der Waals surface area contributed by atoms with Crippen molar-refractivity contribution in [3.63, 3.8) is 0 Å². The Morgan fingerprint density at radius 2 is 1.55 bits per heavy atom. The average Bonchev–Trinajstić information content (AvgIpc) is 3.36. The summed E-state index contributed by atoms with van der Waals surface area (Å²) >= 11 is 6.16. The topological polar surface area (TPSA) is 73.6 Å². The Morgan fingerprint density at radius 3 is 2.29 bits per heavy atom. The smallest absolute Gasteiger partial charge is 0.341 e. The van der Waals surface area contributed by atoms with E-state index < -0.39 is 12.6 Å². The first-order chi connectivity index (χ1) is 18.5. The van der Waals surface area contributed by atoms with Gasteiger partial charge in [0.2, 0.25) is 0 Å². The fraction of sp³-hybridized carbons (Fsp3) is 0.0968. The number of para-hydroxylation sites is 1. The fourth-order valence-electron chi connectivity index (χ4n) is 4.32. The molecule has 5 aromatic rings. The first kappa shape index (κ1) is 25.1. The van der Waals surface area contributed by atoms with E-state index in [9.17, 15) is 9.90 Å². The normalized spacial score (nSPS) is 10.8. The lowest BCUT2D eigenvalue weighted by molar-refractivity contribution is -0.139. The largest absolute Gasteiger partial charge is 0.496 e. The molecule has 0 unspecified atom stereocenters. The summed E-state index contributed by atoms with van der Waals surface area (Å²) in [5, 5.41) is 14.9. The van der Waals surface area contributed by atoms with Crippen molar-refractivity contribution in [2.45, 2.75) is 6.54 Å². The van der Waals surface area contributed by atoms with E-state index in [1.54, 1.807) is 13.2 Å². The Morgan fingerprint density at radius 1 is 0.842 bits per heavy atom. The third-order valence-corrected chi connectivity index (χ3v) is 6.40. The molecule has 38 heavy (non-hydrogen) atoms. The van der Waals surface area contributed by atoms with Crippen LogP contribution in [0.25, 0.3) is 33.6 Å². The summed E-state index contributed by atoms with van der Waals surface area (Å²) in [7, 11) is 1.65. The number of methoxy groups -OCH3 is 1. The molecule has 0 aliphatic heterocycles. The Kier molecular flexibility index (Phi) is 7.43. The highest BCUT2D eigenvalue weighted by atomic mass is 35.5. The Labute approximate surface area is 225 Å². The molecule has 6 nitrogen and oxygen atoms in total. The van der Waals surface area contributed by atoms with Gasteiger partial charge in [-0.1, -0.05) is 78.3 Å². The molecule has 4 aromatic carbocycles. The van der Waals surface area contributed by atoms with Crippen molar-refractivity contribution < 1.29 is 19.4 Å². The van der Waals surface area contributed by atoms with Gasteiger partial charge in [-0.15, -0.1) is 0 Å². The lowest BCUT2D eigenvalue weighted by atomic mass is 10.0. The maximum atomic E-state index is 11.3. The lowest BCUT2D eigenvalue weighted by Gasteiger charge is -2.12. The highest BCUT2D eigenvalue weighted by Gasteiger charge is 2.18. The van der Waals surface area contributed by atoms with E-state index in [1.807, 2.05) is 102 Å². The van der Waals surface area contributed by atoms with Gasteiger partial charge in [0.05, 0.1) is 25.0 Å². The fourth-order valence-corrected chi connectivity index (χ4v) is 4.45. The number of nitrogens with zero attached hydrogens (tertiary/aromatic N) is 2. The molecular formula is C31H25ClN2O4. The molecule has 7 heteroatoms. The van der Waals surface area contributed by atoms with Gasteiger partial charge in [0, 0.05) is 16.1 Å². The molecule has 0 amide bonds. The van der Waals surface area contributed by atoms with E-state index in [4.69, 9.17) is 26.2 Å². The third-order valence-electron chi connectivity index (χ3n) is 6.15. The molecule has 0 bridgehead atoms. The minimum absolute atomic E-state index is 0.441. The molecule has 1 aromatic heterocycles. The number of halogens is 1. The van der Waals surface area contributed by atoms with Crippen LogP contribution < -0.4 is 9.47 Å². The van der Waals surface area contributed by atoms with Crippen LogP contribution in [-0.4, -0.2) is 34.6 Å². The van der Waals surface area contributed by atoms with Crippen molar-refractivity contribution in [1.29, 1.82) is 0 Å². The van der Waals surface area contributed by atoms with E-state index in [0.29, 0.717) is 28.6 Å². The standard InChI is InChI=1S/C31H25ClN2O4/c1-37-29-10-6-5-9-24(29)19-34-28(22-11-14-25(32)15-12-22)18-27(33-34)26-17-23(21-7-3-2-4-8-21)13-16-30(26)38-20-31(35)36/h2-18H,19-20H2,1H3,(H,35,36). The predicted molar refractivity (Wildman–Crippen MR) is 149 cm³/mol. The number of carbonyl (C=O) groups is 1. The number of aliphatic carboxylic acids is 1. The van der Waals surface area contributed by atoms with Crippen LogP contribution in [0.5, 0.6) is 11.5 Å². The highest BCUT2D eigenvalue weighted by Crippen LogP contribution is 2.36. The van der Waals surface area contributed by atoms with E-state index in [2.05, 4.69) is 0 Å². The van der Waals surface area contributed by atoms with Gasteiger partial charge in [-0.2, -0.15) is 5.10 Å². The van der Waals surface area contributed by atoms with Crippen LogP contribution in [-0.2, 0) is 11.3 Å². The molecule has 0 aliphatic carbocycles. The molecule has 0 aliphatic rings. The molecule has 0 spiro atoms. The zero-order valence-corrected chi connectivity index (χ0v) is 21.4. The zero-order chi connectivity index (χ0) is 26.5. The first-order valence-corrected chi connectivity index (χ1v) is 12.4. The monoisotopic (exact) mass is 524 g/mol. The molecule has 0 atom stereocenters. The molecule has 0 radical (unpaired) electrons. The molecule has 0 saturated carbocycles.